The molecule has 0 aromatic carbocycles. The highest BCUT2D eigenvalue weighted by Crippen LogP contribution is 2.33. The van der Waals surface area contributed by atoms with Crippen LogP contribution in [0.5, 0.6) is 0 Å². The van der Waals surface area contributed by atoms with Crippen molar-refractivity contribution in [3.05, 3.63) is 0 Å². The molecule has 0 atom stereocenters. The van der Waals surface area contributed by atoms with E-state index in [4.69, 9.17) is 0 Å². The lowest BCUT2D eigenvalue weighted by Crippen LogP contribution is -2.46. The molecule has 2 aliphatic heterocycles. The Hall–Kier alpha value is -1.10. The molecule has 2 amide bonds. The summed E-state index contributed by atoms with van der Waals surface area (Å²) in [6.45, 7) is 3.15. The molecule has 0 aromatic heterocycles. The van der Waals surface area contributed by atoms with Gasteiger partial charge in [0, 0.05) is 32.1 Å². The Morgan fingerprint density at radius 1 is 0.833 bits per heavy atom. The summed E-state index contributed by atoms with van der Waals surface area (Å²) in [6, 6.07) is 0. The summed E-state index contributed by atoms with van der Waals surface area (Å²) in [4.78, 5) is 29.1. The van der Waals surface area contributed by atoms with E-state index in [9.17, 15) is 14.7 Å². The van der Waals surface area contributed by atoms with Gasteiger partial charge in [0.1, 0.15) is 0 Å². The molecule has 0 spiro atoms. The van der Waals surface area contributed by atoms with E-state index in [1.54, 1.807) is 0 Å². The summed E-state index contributed by atoms with van der Waals surface area (Å²) in [7, 11) is 0. The van der Waals surface area contributed by atoms with Gasteiger partial charge in [0.05, 0.1) is 12.0 Å². The molecule has 3 aliphatic rings. The minimum Gasteiger partial charge on any atom is -0.389 e. The number of hydrogen-bond acceptors (Lipinski definition) is 3. The third-order valence-electron chi connectivity index (χ3n) is 6.13. The summed E-state index contributed by atoms with van der Waals surface area (Å²) in [6.07, 6.45) is 10.1. The molecule has 2 heterocycles. The summed E-state index contributed by atoms with van der Waals surface area (Å²) in [5.74, 6) is 0.459. The molecule has 3 fully saturated rings. The van der Waals surface area contributed by atoms with Crippen molar-refractivity contribution in [2.24, 2.45) is 5.92 Å². The lowest BCUT2D eigenvalue weighted by Gasteiger charge is -2.35. The van der Waals surface area contributed by atoms with E-state index in [0.29, 0.717) is 19.0 Å². The predicted octanol–water partition coefficient (Wildman–Crippen LogP) is 2.32. The zero-order valence-corrected chi connectivity index (χ0v) is 14.8. The Bertz CT molecular complexity index is 444. The van der Waals surface area contributed by atoms with Gasteiger partial charge >= 0.3 is 0 Å². The van der Waals surface area contributed by atoms with Crippen molar-refractivity contribution in [2.45, 2.75) is 76.2 Å². The van der Waals surface area contributed by atoms with Crippen LogP contribution in [0.4, 0.5) is 0 Å². The van der Waals surface area contributed by atoms with Gasteiger partial charge in [0.25, 0.3) is 0 Å². The highest BCUT2D eigenvalue weighted by atomic mass is 16.3. The molecule has 0 aromatic rings. The van der Waals surface area contributed by atoms with Gasteiger partial charge in [0.2, 0.25) is 11.8 Å². The quantitative estimate of drug-likeness (QED) is 0.860. The average molecular weight is 336 g/mol. The zero-order valence-electron chi connectivity index (χ0n) is 14.8. The molecular weight excluding hydrogens is 304 g/mol. The Labute approximate surface area is 145 Å². The van der Waals surface area contributed by atoms with Crippen LogP contribution in [0.15, 0.2) is 0 Å². The molecule has 0 unspecified atom stereocenters. The van der Waals surface area contributed by atoms with Gasteiger partial charge < -0.3 is 14.9 Å². The Balaban J connectivity index is 1.46. The third kappa shape index (κ3) is 4.29. The van der Waals surface area contributed by atoms with Crippen molar-refractivity contribution in [2.75, 3.05) is 26.2 Å². The molecule has 1 saturated carbocycles. The molecule has 136 valence electrons. The average Bonchev–Trinajstić information content (AvgIpc) is 2.85. The van der Waals surface area contributed by atoms with Crippen LogP contribution in [0.1, 0.15) is 70.6 Å². The lowest BCUT2D eigenvalue weighted by molar-refractivity contribution is -0.143. The van der Waals surface area contributed by atoms with Gasteiger partial charge in [-0.2, -0.15) is 0 Å². The van der Waals surface area contributed by atoms with Gasteiger partial charge in [0.15, 0.2) is 0 Å². The molecule has 3 rings (SSSR count). The minimum atomic E-state index is -0.768. The van der Waals surface area contributed by atoms with Crippen LogP contribution in [0, 0.1) is 5.92 Å². The monoisotopic (exact) mass is 336 g/mol. The van der Waals surface area contributed by atoms with Crippen LogP contribution >= 0.6 is 0 Å². The SMILES string of the molecule is O=C(CC1(O)CCCC1)N1CCC(C(=O)N2CCCCCC2)CC1. The Morgan fingerprint density at radius 2 is 1.42 bits per heavy atom. The summed E-state index contributed by atoms with van der Waals surface area (Å²) >= 11 is 0. The van der Waals surface area contributed by atoms with Gasteiger partial charge in [-0.15, -0.1) is 0 Å². The first kappa shape index (κ1) is 17.7. The first-order chi connectivity index (χ1) is 11.6. The number of carbonyl (C=O) groups is 2. The zero-order chi connectivity index (χ0) is 17.0. The van der Waals surface area contributed by atoms with Crippen LogP contribution in [-0.4, -0.2) is 58.5 Å². The van der Waals surface area contributed by atoms with E-state index >= 15 is 0 Å². The molecule has 0 radical (unpaired) electrons. The van der Waals surface area contributed by atoms with Crippen molar-refractivity contribution in [3.8, 4) is 0 Å². The van der Waals surface area contributed by atoms with E-state index in [2.05, 4.69) is 4.90 Å². The molecule has 2 saturated heterocycles. The third-order valence-corrected chi connectivity index (χ3v) is 6.13. The highest BCUT2D eigenvalue weighted by Gasteiger charge is 2.36. The van der Waals surface area contributed by atoms with E-state index in [-0.39, 0.29) is 18.2 Å². The second-order valence-corrected chi connectivity index (χ2v) is 8.00. The molecule has 1 aliphatic carbocycles. The van der Waals surface area contributed by atoms with Crippen LogP contribution < -0.4 is 0 Å². The van der Waals surface area contributed by atoms with Crippen molar-refractivity contribution < 1.29 is 14.7 Å². The number of hydrogen-bond donors (Lipinski definition) is 1. The maximum atomic E-state index is 12.7. The standard InChI is InChI=1S/C19H32N2O3/c22-17(15-19(24)9-3-4-10-19)20-13-7-16(8-14-20)18(23)21-11-5-1-2-6-12-21/h16,24H,1-15H2. The van der Waals surface area contributed by atoms with Crippen molar-refractivity contribution in [1.29, 1.82) is 0 Å². The van der Waals surface area contributed by atoms with E-state index in [0.717, 1.165) is 64.5 Å². The topological polar surface area (TPSA) is 60.9 Å². The van der Waals surface area contributed by atoms with Crippen LogP contribution in [-0.2, 0) is 9.59 Å². The van der Waals surface area contributed by atoms with Crippen molar-refractivity contribution in [1.82, 2.24) is 9.80 Å². The number of likely N-dealkylation sites (tertiary alicyclic amines) is 2. The van der Waals surface area contributed by atoms with Crippen molar-refractivity contribution >= 4 is 11.8 Å². The second-order valence-electron chi connectivity index (χ2n) is 8.00. The number of carbonyl (C=O) groups excluding carboxylic acids is 2. The molecule has 1 N–H and O–H groups in total. The second kappa shape index (κ2) is 7.85. The number of amides is 2. The summed E-state index contributed by atoms with van der Waals surface area (Å²) < 4.78 is 0. The van der Waals surface area contributed by atoms with Gasteiger partial charge in [-0.3, -0.25) is 9.59 Å². The smallest absolute Gasteiger partial charge is 0.225 e. The van der Waals surface area contributed by atoms with Crippen LogP contribution in [0.3, 0.4) is 0 Å². The fourth-order valence-corrected chi connectivity index (χ4v) is 4.53. The lowest BCUT2D eigenvalue weighted by atomic mass is 9.93. The predicted molar refractivity (Wildman–Crippen MR) is 92.4 cm³/mol. The molecule has 0 bridgehead atoms. The summed E-state index contributed by atoms with van der Waals surface area (Å²) in [5.41, 5.74) is -0.768. The maximum Gasteiger partial charge on any atom is 0.225 e. The largest absolute Gasteiger partial charge is 0.389 e. The first-order valence-electron chi connectivity index (χ1n) is 9.86. The fourth-order valence-electron chi connectivity index (χ4n) is 4.53. The van der Waals surface area contributed by atoms with Gasteiger partial charge in [-0.25, -0.2) is 0 Å². The number of nitrogens with zero attached hydrogens (tertiary/aromatic N) is 2. The molecular formula is C19H32N2O3. The molecule has 5 nitrogen and oxygen atoms in total. The minimum absolute atomic E-state index is 0.0695. The van der Waals surface area contributed by atoms with E-state index < -0.39 is 5.60 Å². The first-order valence-corrected chi connectivity index (χ1v) is 9.86. The van der Waals surface area contributed by atoms with E-state index in [1.807, 2.05) is 4.90 Å². The summed E-state index contributed by atoms with van der Waals surface area (Å²) in [5, 5.41) is 10.4. The van der Waals surface area contributed by atoms with Crippen LogP contribution in [0.2, 0.25) is 0 Å². The number of aliphatic hydroxyl groups is 1. The fraction of sp³-hybridized carbons (Fsp3) is 0.895. The Morgan fingerprint density at radius 3 is 2.00 bits per heavy atom. The number of piperidine rings is 1. The normalized spacial score (nSPS) is 25.5. The van der Waals surface area contributed by atoms with E-state index in [1.165, 1.54) is 12.8 Å². The highest BCUT2D eigenvalue weighted by molar-refractivity contribution is 5.80. The molecule has 5 heteroatoms. The van der Waals surface area contributed by atoms with Crippen molar-refractivity contribution in [3.63, 3.8) is 0 Å². The Kier molecular flexibility index (Phi) is 5.80. The van der Waals surface area contributed by atoms with Gasteiger partial charge in [-0.05, 0) is 38.5 Å². The van der Waals surface area contributed by atoms with Gasteiger partial charge in [-0.1, -0.05) is 25.7 Å². The maximum absolute atomic E-state index is 12.7. The number of rotatable bonds is 3. The molecule has 24 heavy (non-hydrogen) atoms. The van der Waals surface area contributed by atoms with Crippen LogP contribution in [0.25, 0.3) is 0 Å².